The van der Waals surface area contributed by atoms with E-state index in [0.29, 0.717) is 22.6 Å². The Morgan fingerprint density at radius 3 is 2.43 bits per heavy atom. The van der Waals surface area contributed by atoms with Gasteiger partial charge in [-0.05, 0) is 74.2 Å². The number of benzene rings is 2. The van der Waals surface area contributed by atoms with Gasteiger partial charge in [-0.25, -0.2) is 0 Å². The fourth-order valence-corrected chi connectivity index (χ4v) is 4.15. The maximum Gasteiger partial charge on any atom is 0.137 e. The summed E-state index contributed by atoms with van der Waals surface area (Å²) in [5, 5.41) is 1.22. The van der Waals surface area contributed by atoms with E-state index >= 15 is 0 Å². The molecule has 3 rings (SSSR count). The summed E-state index contributed by atoms with van der Waals surface area (Å²) < 4.78 is 5.93. The fraction of sp³-hybridized carbons (Fsp3) is 0.478. The average molecular weight is 421 g/mol. The molecule has 0 saturated carbocycles. The topological polar surface area (TPSA) is 15.7 Å². The molecule has 2 aromatic carbocycles. The molecule has 1 aliphatic rings. The summed E-state index contributed by atoms with van der Waals surface area (Å²) in [5.41, 5.74) is 2.68. The van der Waals surface area contributed by atoms with E-state index in [4.69, 9.17) is 27.9 Å². The van der Waals surface area contributed by atoms with E-state index in [2.05, 4.69) is 48.0 Å². The maximum atomic E-state index is 6.19. The van der Waals surface area contributed by atoms with Gasteiger partial charge < -0.3 is 9.64 Å². The molecule has 0 radical (unpaired) electrons. The van der Waals surface area contributed by atoms with Gasteiger partial charge in [0.1, 0.15) is 5.75 Å². The lowest BCUT2D eigenvalue weighted by Gasteiger charge is -2.32. The second-order valence-electron chi connectivity index (χ2n) is 7.69. The van der Waals surface area contributed by atoms with Crippen molar-refractivity contribution in [2.24, 2.45) is 5.92 Å². The van der Waals surface area contributed by atoms with E-state index in [1.54, 1.807) is 6.07 Å². The molecule has 1 aliphatic heterocycles. The highest BCUT2D eigenvalue weighted by atomic mass is 35.5. The second kappa shape index (κ2) is 10.4. The van der Waals surface area contributed by atoms with Crippen molar-refractivity contribution < 1.29 is 4.74 Å². The van der Waals surface area contributed by atoms with Gasteiger partial charge in [-0.15, -0.1) is 0 Å². The minimum atomic E-state index is 0.577. The SMILES string of the molecule is CCCN(C)c1ccc(CN2CCC(COc3ccc(Cl)cc3Cl)CC2)cc1. The molecule has 1 fully saturated rings. The maximum absolute atomic E-state index is 6.19. The molecule has 0 aromatic heterocycles. The molecule has 0 N–H and O–H groups in total. The van der Waals surface area contributed by atoms with E-state index in [1.807, 2.05) is 12.1 Å². The van der Waals surface area contributed by atoms with Crippen LogP contribution in [0.1, 0.15) is 31.7 Å². The summed E-state index contributed by atoms with van der Waals surface area (Å²) >= 11 is 12.1. The Morgan fingerprint density at radius 2 is 1.79 bits per heavy atom. The zero-order valence-corrected chi connectivity index (χ0v) is 18.3. The molecule has 2 aromatic rings. The summed E-state index contributed by atoms with van der Waals surface area (Å²) in [6.07, 6.45) is 3.48. The zero-order valence-electron chi connectivity index (χ0n) is 16.8. The Bertz CT molecular complexity index is 743. The van der Waals surface area contributed by atoms with Crippen molar-refractivity contribution in [3.05, 3.63) is 58.1 Å². The Balaban J connectivity index is 1.42. The molecule has 1 heterocycles. The Labute approximate surface area is 179 Å². The number of hydrogen-bond acceptors (Lipinski definition) is 3. The van der Waals surface area contributed by atoms with E-state index < -0.39 is 0 Å². The summed E-state index contributed by atoms with van der Waals surface area (Å²) in [7, 11) is 2.16. The predicted molar refractivity (Wildman–Crippen MR) is 120 cm³/mol. The number of piperidine rings is 1. The van der Waals surface area contributed by atoms with Crippen LogP contribution in [0.15, 0.2) is 42.5 Å². The van der Waals surface area contributed by atoms with Gasteiger partial charge in [0.25, 0.3) is 0 Å². The second-order valence-corrected chi connectivity index (χ2v) is 8.54. The minimum Gasteiger partial charge on any atom is -0.492 e. The van der Waals surface area contributed by atoms with Crippen LogP contribution >= 0.6 is 23.2 Å². The third-order valence-corrected chi connectivity index (χ3v) is 5.95. The van der Waals surface area contributed by atoms with Crippen LogP contribution in [0.2, 0.25) is 10.0 Å². The first kappa shape index (κ1) is 21.3. The van der Waals surface area contributed by atoms with Gasteiger partial charge in [0, 0.05) is 30.8 Å². The molecule has 1 saturated heterocycles. The van der Waals surface area contributed by atoms with Crippen molar-refractivity contribution >= 4 is 28.9 Å². The highest BCUT2D eigenvalue weighted by molar-refractivity contribution is 6.35. The van der Waals surface area contributed by atoms with Gasteiger partial charge in [0.2, 0.25) is 0 Å². The van der Waals surface area contributed by atoms with E-state index in [-0.39, 0.29) is 0 Å². The molecule has 0 bridgehead atoms. The quantitative estimate of drug-likeness (QED) is 0.510. The Hall–Kier alpha value is -1.42. The minimum absolute atomic E-state index is 0.577. The van der Waals surface area contributed by atoms with Gasteiger partial charge in [-0.1, -0.05) is 42.3 Å². The van der Waals surface area contributed by atoms with Crippen molar-refractivity contribution in [1.82, 2.24) is 4.90 Å². The van der Waals surface area contributed by atoms with Crippen molar-refractivity contribution in [3.63, 3.8) is 0 Å². The smallest absolute Gasteiger partial charge is 0.137 e. The zero-order chi connectivity index (χ0) is 19.9. The summed E-state index contributed by atoms with van der Waals surface area (Å²) in [5.74, 6) is 1.30. The molecule has 0 atom stereocenters. The third-order valence-electron chi connectivity index (χ3n) is 5.42. The molecule has 28 heavy (non-hydrogen) atoms. The molecule has 152 valence electrons. The summed E-state index contributed by atoms with van der Waals surface area (Å²) in [4.78, 5) is 4.85. The number of rotatable bonds is 8. The largest absolute Gasteiger partial charge is 0.492 e. The first-order chi connectivity index (χ1) is 13.5. The first-order valence-electron chi connectivity index (χ1n) is 10.2. The number of ether oxygens (including phenoxy) is 1. The number of hydrogen-bond donors (Lipinski definition) is 0. The number of nitrogens with zero attached hydrogens (tertiary/aromatic N) is 2. The van der Waals surface area contributed by atoms with E-state index in [1.165, 1.54) is 17.7 Å². The molecular formula is C23H30Cl2N2O. The summed E-state index contributed by atoms with van der Waals surface area (Å²) in [6.45, 7) is 7.27. The van der Waals surface area contributed by atoms with Crippen LogP contribution in [0.5, 0.6) is 5.75 Å². The number of halogens is 2. The molecule has 0 amide bonds. The van der Waals surface area contributed by atoms with Gasteiger partial charge in [0.15, 0.2) is 0 Å². The average Bonchev–Trinajstić information content (AvgIpc) is 2.69. The Morgan fingerprint density at radius 1 is 1.07 bits per heavy atom. The lowest BCUT2D eigenvalue weighted by Crippen LogP contribution is -2.35. The van der Waals surface area contributed by atoms with Crippen LogP contribution in [0.25, 0.3) is 0 Å². The standard InChI is InChI=1S/C23H30Cl2N2O/c1-3-12-26(2)21-7-4-18(5-8-21)16-27-13-10-19(11-14-27)17-28-23-9-6-20(24)15-22(23)25/h4-9,15,19H,3,10-14,16-17H2,1-2H3. The van der Waals surface area contributed by atoms with E-state index in [0.717, 1.165) is 44.8 Å². The predicted octanol–water partition coefficient (Wildman–Crippen LogP) is 6.13. The van der Waals surface area contributed by atoms with Crippen LogP contribution in [0.4, 0.5) is 5.69 Å². The van der Waals surface area contributed by atoms with Crippen molar-refractivity contribution in [1.29, 1.82) is 0 Å². The molecule has 5 heteroatoms. The van der Waals surface area contributed by atoms with Gasteiger partial charge in [-0.3, -0.25) is 4.90 Å². The molecule has 3 nitrogen and oxygen atoms in total. The first-order valence-corrected chi connectivity index (χ1v) is 10.9. The van der Waals surface area contributed by atoms with Crippen LogP contribution < -0.4 is 9.64 Å². The van der Waals surface area contributed by atoms with Gasteiger partial charge >= 0.3 is 0 Å². The van der Waals surface area contributed by atoms with Crippen LogP contribution in [0.3, 0.4) is 0 Å². The van der Waals surface area contributed by atoms with Crippen LogP contribution in [-0.4, -0.2) is 38.2 Å². The molecule has 0 aliphatic carbocycles. The third kappa shape index (κ3) is 6.04. The molecular weight excluding hydrogens is 391 g/mol. The van der Waals surface area contributed by atoms with Crippen LogP contribution in [0, 0.1) is 5.92 Å². The lowest BCUT2D eigenvalue weighted by molar-refractivity contribution is 0.137. The van der Waals surface area contributed by atoms with E-state index in [9.17, 15) is 0 Å². The van der Waals surface area contributed by atoms with Crippen LogP contribution in [-0.2, 0) is 6.54 Å². The molecule has 0 unspecified atom stereocenters. The monoisotopic (exact) mass is 420 g/mol. The van der Waals surface area contributed by atoms with Crippen molar-refractivity contribution in [2.75, 3.05) is 38.2 Å². The highest BCUT2D eigenvalue weighted by Crippen LogP contribution is 2.29. The van der Waals surface area contributed by atoms with Crippen molar-refractivity contribution in [2.45, 2.75) is 32.7 Å². The fourth-order valence-electron chi connectivity index (χ4n) is 3.69. The lowest BCUT2D eigenvalue weighted by atomic mass is 9.97. The molecule has 0 spiro atoms. The number of anilines is 1. The highest BCUT2D eigenvalue weighted by Gasteiger charge is 2.20. The van der Waals surface area contributed by atoms with Gasteiger partial charge in [0.05, 0.1) is 11.6 Å². The Kier molecular flexibility index (Phi) is 7.90. The normalized spacial score (nSPS) is 15.6. The van der Waals surface area contributed by atoms with Crippen molar-refractivity contribution in [3.8, 4) is 5.75 Å². The summed E-state index contributed by atoms with van der Waals surface area (Å²) in [6, 6.07) is 14.4. The number of likely N-dealkylation sites (tertiary alicyclic amines) is 1. The van der Waals surface area contributed by atoms with Gasteiger partial charge in [-0.2, -0.15) is 0 Å².